The molecule has 4 nitrogen and oxygen atoms in total. The molecule has 3 aliphatic carbocycles. The van der Waals surface area contributed by atoms with Gasteiger partial charge in [-0.2, -0.15) is 13.2 Å². The number of ketones is 2. The molecular formula is C18H14F3NO3. The summed E-state index contributed by atoms with van der Waals surface area (Å²) in [7, 11) is 0. The number of nitrogens with one attached hydrogen (secondary N) is 1. The highest BCUT2D eigenvalue weighted by molar-refractivity contribution is 6.27. The van der Waals surface area contributed by atoms with Gasteiger partial charge in [0.05, 0.1) is 5.56 Å². The third-order valence-corrected chi connectivity index (χ3v) is 5.43. The lowest BCUT2D eigenvalue weighted by Gasteiger charge is -2.16. The number of allylic oxidation sites excluding steroid dienone is 2. The van der Waals surface area contributed by atoms with E-state index in [1.807, 2.05) is 12.2 Å². The van der Waals surface area contributed by atoms with Crippen molar-refractivity contribution in [2.24, 2.45) is 29.6 Å². The topological polar surface area (TPSA) is 63.2 Å². The van der Waals surface area contributed by atoms with E-state index in [1.165, 1.54) is 0 Å². The van der Waals surface area contributed by atoms with Crippen LogP contribution < -0.4 is 5.32 Å². The van der Waals surface area contributed by atoms with Crippen molar-refractivity contribution in [3.63, 3.8) is 0 Å². The zero-order valence-corrected chi connectivity index (χ0v) is 12.9. The first-order chi connectivity index (χ1) is 11.8. The fourth-order valence-electron chi connectivity index (χ4n) is 4.34. The first-order valence-electron chi connectivity index (χ1n) is 8.01. The van der Waals surface area contributed by atoms with Crippen molar-refractivity contribution < 1.29 is 27.6 Å². The van der Waals surface area contributed by atoms with Gasteiger partial charge in [-0.15, -0.1) is 0 Å². The predicted molar refractivity (Wildman–Crippen MR) is 81.3 cm³/mol. The Bertz CT molecular complexity index is 767. The van der Waals surface area contributed by atoms with Crippen molar-refractivity contribution in [3.8, 4) is 0 Å². The lowest BCUT2D eigenvalue weighted by atomic mass is 9.85. The number of halogens is 3. The van der Waals surface area contributed by atoms with Gasteiger partial charge in [-0.05, 0) is 42.5 Å². The number of Topliss-reactive ketones (excluding diaryl/α,β-unsaturated/α-hetero) is 2. The molecule has 0 radical (unpaired) electrons. The molecule has 25 heavy (non-hydrogen) atoms. The van der Waals surface area contributed by atoms with Crippen LogP contribution in [0.5, 0.6) is 0 Å². The van der Waals surface area contributed by atoms with Crippen LogP contribution in [0, 0.1) is 29.6 Å². The molecule has 0 aliphatic heterocycles. The molecule has 4 rings (SSSR count). The largest absolute Gasteiger partial charge is 0.416 e. The zero-order chi connectivity index (χ0) is 17.9. The van der Waals surface area contributed by atoms with Crippen molar-refractivity contribution in [1.82, 2.24) is 0 Å². The van der Waals surface area contributed by atoms with Crippen LogP contribution >= 0.6 is 0 Å². The number of amides is 1. The van der Waals surface area contributed by atoms with Gasteiger partial charge in [0.25, 0.3) is 0 Å². The molecule has 0 spiro atoms. The molecule has 2 fully saturated rings. The summed E-state index contributed by atoms with van der Waals surface area (Å²) in [4.78, 5) is 37.5. The summed E-state index contributed by atoms with van der Waals surface area (Å²) >= 11 is 0. The fraction of sp³-hybridized carbons (Fsp3) is 0.389. The average molecular weight is 349 g/mol. The number of fused-ring (bicyclic) bond motifs is 5. The maximum atomic E-state index is 12.6. The summed E-state index contributed by atoms with van der Waals surface area (Å²) in [5, 5.41) is 2.39. The van der Waals surface area contributed by atoms with Gasteiger partial charge in [-0.3, -0.25) is 14.4 Å². The molecule has 1 N–H and O–H groups in total. The van der Waals surface area contributed by atoms with Crippen LogP contribution in [0.3, 0.4) is 0 Å². The molecule has 130 valence electrons. The number of carbonyl (C=O) groups is 3. The number of rotatable bonds is 2. The molecule has 3 aliphatic rings. The molecule has 4 atom stereocenters. The zero-order valence-electron chi connectivity index (χ0n) is 12.9. The Hall–Kier alpha value is -2.44. The van der Waals surface area contributed by atoms with Crippen LogP contribution in [0.1, 0.15) is 12.0 Å². The molecule has 0 saturated heterocycles. The number of alkyl halides is 3. The minimum absolute atomic E-state index is 0.0234. The Labute approximate surface area is 141 Å². The molecule has 4 unspecified atom stereocenters. The maximum absolute atomic E-state index is 12.6. The van der Waals surface area contributed by atoms with Gasteiger partial charge < -0.3 is 5.32 Å². The lowest BCUT2D eigenvalue weighted by Crippen LogP contribution is -2.33. The highest BCUT2D eigenvalue weighted by Gasteiger charge is 2.61. The molecule has 2 bridgehead atoms. The third-order valence-electron chi connectivity index (χ3n) is 5.43. The highest BCUT2D eigenvalue weighted by atomic mass is 19.4. The summed E-state index contributed by atoms with van der Waals surface area (Å²) in [6.45, 7) is 0. The second-order valence-corrected chi connectivity index (χ2v) is 6.80. The summed E-state index contributed by atoms with van der Waals surface area (Å²) in [6.07, 6.45) is 0.185. The van der Waals surface area contributed by atoms with Crippen LogP contribution in [-0.4, -0.2) is 17.5 Å². The van der Waals surface area contributed by atoms with Crippen LogP contribution in [0.25, 0.3) is 0 Å². The van der Waals surface area contributed by atoms with Gasteiger partial charge in [-0.1, -0.05) is 12.2 Å². The first-order valence-corrected chi connectivity index (χ1v) is 8.01. The van der Waals surface area contributed by atoms with Gasteiger partial charge in [0.1, 0.15) is 0 Å². The van der Waals surface area contributed by atoms with E-state index in [2.05, 4.69) is 5.32 Å². The van der Waals surface area contributed by atoms with E-state index in [9.17, 15) is 27.6 Å². The van der Waals surface area contributed by atoms with E-state index in [0.717, 1.165) is 30.7 Å². The number of anilines is 1. The van der Waals surface area contributed by atoms with Crippen molar-refractivity contribution in [2.45, 2.75) is 12.6 Å². The van der Waals surface area contributed by atoms with Crippen LogP contribution in [0.15, 0.2) is 36.4 Å². The molecule has 1 aromatic rings. The van der Waals surface area contributed by atoms with Crippen LogP contribution in [0.2, 0.25) is 0 Å². The molecular weight excluding hydrogens is 335 g/mol. The number of hydrogen-bond acceptors (Lipinski definition) is 3. The number of benzene rings is 1. The summed E-state index contributed by atoms with van der Waals surface area (Å²) < 4.78 is 37.7. The van der Waals surface area contributed by atoms with Crippen molar-refractivity contribution in [1.29, 1.82) is 0 Å². The molecule has 0 aromatic heterocycles. The second-order valence-electron chi connectivity index (χ2n) is 6.80. The van der Waals surface area contributed by atoms with E-state index in [0.29, 0.717) is 0 Å². The SMILES string of the molecule is O=C(Nc1ccc(C(F)(F)F)cc1)C1C(=O)C2C3C=CC(C3)C2C1=O. The second kappa shape index (κ2) is 5.28. The van der Waals surface area contributed by atoms with E-state index < -0.39 is 35.4 Å². The molecule has 1 amide bonds. The van der Waals surface area contributed by atoms with Crippen molar-refractivity contribution in [2.75, 3.05) is 5.32 Å². The predicted octanol–water partition coefficient (Wildman–Crippen LogP) is 2.85. The fourth-order valence-corrected chi connectivity index (χ4v) is 4.34. The minimum Gasteiger partial charge on any atom is -0.325 e. The maximum Gasteiger partial charge on any atom is 0.416 e. The average Bonchev–Trinajstić information content (AvgIpc) is 3.21. The van der Waals surface area contributed by atoms with Gasteiger partial charge in [0, 0.05) is 17.5 Å². The normalized spacial score (nSPS) is 33.0. The Morgan fingerprint density at radius 2 is 1.48 bits per heavy atom. The van der Waals surface area contributed by atoms with E-state index in [-0.39, 0.29) is 29.1 Å². The number of hydrogen-bond donors (Lipinski definition) is 1. The smallest absolute Gasteiger partial charge is 0.325 e. The molecule has 1 aromatic carbocycles. The Morgan fingerprint density at radius 3 is 1.96 bits per heavy atom. The summed E-state index contributed by atoms with van der Waals surface area (Å²) in [5.41, 5.74) is -0.715. The highest BCUT2D eigenvalue weighted by Crippen LogP contribution is 2.54. The van der Waals surface area contributed by atoms with E-state index in [1.54, 1.807) is 0 Å². The van der Waals surface area contributed by atoms with Gasteiger partial charge in [0.2, 0.25) is 5.91 Å². The van der Waals surface area contributed by atoms with Crippen molar-refractivity contribution >= 4 is 23.2 Å². The Morgan fingerprint density at radius 1 is 0.960 bits per heavy atom. The lowest BCUT2D eigenvalue weighted by molar-refractivity contribution is -0.138. The van der Waals surface area contributed by atoms with E-state index in [4.69, 9.17) is 0 Å². The first kappa shape index (κ1) is 16.1. The van der Waals surface area contributed by atoms with Crippen LogP contribution in [-0.2, 0) is 20.6 Å². The van der Waals surface area contributed by atoms with Gasteiger partial charge >= 0.3 is 6.18 Å². The van der Waals surface area contributed by atoms with E-state index >= 15 is 0 Å². The molecule has 7 heteroatoms. The Balaban J connectivity index is 1.51. The molecule has 0 heterocycles. The monoisotopic (exact) mass is 349 g/mol. The van der Waals surface area contributed by atoms with Gasteiger partial charge in [0.15, 0.2) is 17.5 Å². The van der Waals surface area contributed by atoms with Crippen LogP contribution in [0.4, 0.5) is 18.9 Å². The van der Waals surface area contributed by atoms with Crippen molar-refractivity contribution in [3.05, 3.63) is 42.0 Å². The quantitative estimate of drug-likeness (QED) is 0.660. The summed E-state index contributed by atoms with van der Waals surface area (Å²) in [5.74, 6) is -3.65. The number of carbonyl (C=O) groups excluding carboxylic acids is 3. The Kier molecular flexibility index (Phi) is 3.39. The minimum atomic E-state index is -4.47. The van der Waals surface area contributed by atoms with Gasteiger partial charge in [-0.25, -0.2) is 0 Å². The third kappa shape index (κ3) is 2.41. The standard InChI is InChI=1S/C18H14F3NO3/c19-18(20,21)10-3-5-11(6-4-10)22-17(25)14-15(23)12-8-1-2-9(7-8)13(12)16(14)24/h1-6,8-9,12-14H,7H2,(H,22,25). The summed E-state index contributed by atoms with van der Waals surface area (Å²) in [6, 6.07) is 3.90. The molecule has 2 saturated carbocycles.